The zero-order chi connectivity index (χ0) is 18.1. The molecule has 0 heterocycles. The van der Waals surface area contributed by atoms with Crippen molar-refractivity contribution >= 4 is 5.71 Å². The lowest BCUT2D eigenvalue weighted by molar-refractivity contribution is 0.319. The van der Waals surface area contributed by atoms with Crippen LogP contribution in [0.2, 0.25) is 0 Å². The van der Waals surface area contributed by atoms with E-state index < -0.39 is 0 Å². The number of nitrogens with zero attached hydrogens (tertiary/aromatic N) is 1. The summed E-state index contributed by atoms with van der Waals surface area (Å²) in [6.45, 7) is 15.5. The first-order valence-corrected chi connectivity index (χ1v) is 8.96. The second-order valence-electron chi connectivity index (χ2n) is 6.46. The Balaban J connectivity index is 2.62. The molecule has 0 aromatic heterocycles. The second-order valence-corrected chi connectivity index (χ2v) is 6.46. The Morgan fingerprint density at radius 1 is 1.25 bits per heavy atom. The molecule has 2 nitrogen and oxygen atoms in total. The maximum atomic E-state index is 5.98. The van der Waals surface area contributed by atoms with Crippen molar-refractivity contribution in [2.45, 2.75) is 59.8 Å². The van der Waals surface area contributed by atoms with E-state index in [-0.39, 0.29) is 0 Å². The molecule has 24 heavy (non-hydrogen) atoms. The summed E-state index contributed by atoms with van der Waals surface area (Å²) in [5.74, 6) is 1.64. The van der Waals surface area contributed by atoms with Gasteiger partial charge in [-0.25, -0.2) is 0 Å². The predicted octanol–water partition coefficient (Wildman–Crippen LogP) is 6.26. The molecule has 0 spiro atoms. The van der Waals surface area contributed by atoms with Crippen molar-refractivity contribution in [2.24, 2.45) is 4.99 Å². The molecule has 0 aliphatic carbocycles. The molecule has 0 atom stereocenters. The molecule has 132 valence electrons. The number of allylic oxidation sites excluding steroid dienone is 2. The van der Waals surface area contributed by atoms with Crippen LogP contribution in [0, 0.1) is 6.92 Å². The van der Waals surface area contributed by atoms with Gasteiger partial charge in [-0.15, -0.1) is 0 Å². The third-order valence-electron chi connectivity index (χ3n) is 4.63. The second kappa shape index (κ2) is 10.1. The first-order valence-electron chi connectivity index (χ1n) is 8.96. The molecule has 0 fully saturated rings. The Morgan fingerprint density at radius 3 is 2.46 bits per heavy atom. The summed E-state index contributed by atoms with van der Waals surface area (Å²) < 4.78 is 5.98. The van der Waals surface area contributed by atoms with Gasteiger partial charge in [0, 0.05) is 19.2 Å². The molecule has 1 aromatic rings. The van der Waals surface area contributed by atoms with E-state index >= 15 is 0 Å². The minimum absolute atomic E-state index is 0.650. The highest BCUT2D eigenvalue weighted by Gasteiger charge is 2.09. The normalized spacial score (nSPS) is 12.6. The molecule has 0 saturated heterocycles. The minimum Gasteiger partial charge on any atom is -0.493 e. The molecule has 0 radical (unpaired) electrons. The van der Waals surface area contributed by atoms with Gasteiger partial charge in [0.1, 0.15) is 5.75 Å². The molecule has 2 heteroatoms. The van der Waals surface area contributed by atoms with Crippen LogP contribution >= 0.6 is 0 Å². The molecule has 0 saturated carbocycles. The van der Waals surface area contributed by atoms with Crippen LogP contribution in [0.5, 0.6) is 5.75 Å². The molecule has 0 N–H and O–H groups in total. The summed E-state index contributed by atoms with van der Waals surface area (Å²) in [5, 5.41) is 0. The van der Waals surface area contributed by atoms with Crippen molar-refractivity contribution < 1.29 is 4.74 Å². The first kappa shape index (κ1) is 20.2. The molecule has 0 bridgehead atoms. The summed E-state index contributed by atoms with van der Waals surface area (Å²) in [5.41, 5.74) is 5.85. The van der Waals surface area contributed by atoms with Crippen LogP contribution in [0.1, 0.15) is 64.0 Å². The van der Waals surface area contributed by atoms with Crippen LogP contribution in [-0.2, 0) is 0 Å². The van der Waals surface area contributed by atoms with Gasteiger partial charge in [0.25, 0.3) is 0 Å². The molecule has 0 amide bonds. The van der Waals surface area contributed by atoms with Crippen LogP contribution in [-0.4, -0.2) is 19.4 Å². The van der Waals surface area contributed by atoms with E-state index in [9.17, 15) is 0 Å². The lowest BCUT2D eigenvalue weighted by atomic mass is 9.93. The number of hydrogen-bond acceptors (Lipinski definition) is 2. The topological polar surface area (TPSA) is 21.6 Å². The van der Waals surface area contributed by atoms with Crippen molar-refractivity contribution in [3.8, 4) is 5.75 Å². The average molecular weight is 328 g/mol. The first-order chi connectivity index (χ1) is 11.4. The fourth-order valence-electron chi connectivity index (χ4n) is 2.79. The van der Waals surface area contributed by atoms with Gasteiger partial charge >= 0.3 is 0 Å². The highest BCUT2D eigenvalue weighted by molar-refractivity contribution is 6.00. The molecule has 0 aliphatic heterocycles. The number of aliphatic imine (C=N–C) groups is 1. The molecule has 1 aromatic carbocycles. The van der Waals surface area contributed by atoms with Crippen LogP contribution < -0.4 is 4.74 Å². The molecule has 0 unspecified atom stereocenters. The summed E-state index contributed by atoms with van der Waals surface area (Å²) in [7, 11) is 1.79. The smallest absolute Gasteiger partial charge is 0.122 e. The molecular formula is C22H33NO. The zero-order valence-corrected chi connectivity index (χ0v) is 16.3. The number of ether oxygens (including phenoxy) is 1. The highest BCUT2D eigenvalue weighted by Crippen LogP contribution is 2.28. The van der Waals surface area contributed by atoms with Crippen molar-refractivity contribution in [2.75, 3.05) is 13.7 Å². The predicted molar refractivity (Wildman–Crippen MR) is 107 cm³/mol. The van der Waals surface area contributed by atoms with Gasteiger partial charge in [0.2, 0.25) is 0 Å². The van der Waals surface area contributed by atoms with Gasteiger partial charge in [-0.05, 0) is 62.3 Å². The number of rotatable bonds is 9. The summed E-state index contributed by atoms with van der Waals surface area (Å²) in [6, 6.07) is 6.61. The molecule has 0 aliphatic rings. The maximum Gasteiger partial charge on any atom is 0.122 e. The van der Waals surface area contributed by atoms with E-state index in [1.54, 1.807) is 7.05 Å². The van der Waals surface area contributed by atoms with E-state index in [2.05, 4.69) is 63.5 Å². The van der Waals surface area contributed by atoms with Gasteiger partial charge < -0.3 is 4.74 Å². The fourth-order valence-corrected chi connectivity index (χ4v) is 2.79. The number of benzene rings is 1. The highest BCUT2D eigenvalue weighted by atomic mass is 16.5. The van der Waals surface area contributed by atoms with Crippen LogP contribution in [0.3, 0.4) is 0 Å². The lowest BCUT2D eigenvalue weighted by Crippen LogP contribution is -2.02. The average Bonchev–Trinajstić information content (AvgIpc) is 2.57. The van der Waals surface area contributed by atoms with E-state index in [0.717, 1.165) is 23.5 Å². The van der Waals surface area contributed by atoms with Crippen molar-refractivity contribution in [1.29, 1.82) is 0 Å². The van der Waals surface area contributed by atoms with E-state index in [4.69, 9.17) is 4.74 Å². The zero-order valence-electron chi connectivity index (χ0n) is 16.3. The van der Waals surface area contributed by atoms with Gasteiger partial charge in [-0.3, -0.25) is 4.99 Å². The van der Waals surface area contributed by atoms with Crippen molar-refractivity contribution in [1.82, 2.24) is 0 Å². The Kier molecular flexibility index (Phi) is 8.53. The summed E-state index contributed by atoms with van der Waals surface area (Å²) >= 11 is 0. The maximum absolute atomic E-state index is 5.98. The monoisotopic (exact) mass is 327 g/mol. The van der Waals surface area contributed by atoms with Gasteiger partial charge in [0.05, 0.1) is 6.61 Å². The largest absolute Gasteiger partial charge is 0.493 e. The van der Waals surface area contributed by atoms with E-state index in [0.29, 0.717) is 12.5 Å². The van der Waals surface area contributed by atoms with Gasteiger partial charge in [0.15, 0.2) is 0 Å². The van der Waals surface area contributed by atoms with Crippen molar-refractivity contribution in [3.05, 3.63) is 53.1 Å². The number of aryl methyl sites for hydroxylation is 1. The Bertz CT molecular complexity index is 606. The Hall–Kier alpha value is -1.83. The van der Waals surface area contributed by atoms with Crippen LogP contribution in [0.25, 0.3) is 0 Å². The third-order valence-corrected chi connectivity index (χ3v) is 4.63. The quantitative estimate of drug-likeness (QED) is 0.387. The molecular weight excluding hydrogens is 294 g/mol. The summed E-state index contributed by atoms with van der Waals surface area (Å²) in [4.78, 5) is 4.16. The van der Waals surface area contributed by atoms with E-state index in [1.807, 2.05) is 6.92 Å². The number of hydrogen-bond donors (Lipinski definition) is 0. The van der Waals surface area contributed by atoms with Crippen molar-refractivity contribution in [3.63, 3.8) is 0 Å². The van der Waals surface area contributed by atoms with E-state index in [1.165, 1.54) is 29.5 Å². The third kappa shape index (κ3) is 5.99. The van der Waals surface area contributed by atoms with Crippen LogP contribution in [0.15, 0.2) is 47.0 Å². The standard InChI is InChI=1S/C22H33NO/c1-8-20(9-2)21-10-11-22(18(5)15-21)24-13-12-16(3)14-17(4)19(6)23-7/h10-11,14-15,20H,4,8-9,12-13H2,1-3,5-7H3/b16-14+,23-19?. The Labute approximate surface area is 148 Å². The Morgan fingerprint density at radius 2 is 1.92 bits per heavy atom. The summed E-state index contributed by atoms with van der Waals surface area (Å²) in [6.07, 6.45) is 5.35. The minimum atomic E-state index is 0.650. The fraction of sp³-hybridized carbons (Fsp3) is 0.500. The van der Waals surface area contributed by atoms with Gasteiger partial charge in [-0.1, -0.05) is 44.2 Å². The lowest BCUT2D eigenvalue weighted by Gasteiger charge is -2.16. The van der Waals surface area contributed by atoms with Crippen LogP contribution in [0.4, 0.5) is 0 Å². The van der Waals surface area contributed by atoms with Gasteiger partial charge in [-0.2, -0.15) is 0 Å². The SMILES string of the molecule is C=C(/C=C(\C)CCOc1ccc(C(CC)CC)cc1C)C(C)=NC. The molecule has 1 rings (SSSR count).